The first-order valence-corrected chi connectivity index (χ1v) is 10.8. The van der Waals surface area contributed by atoms with Gasteiger partial charge in [-0.15, -0.1) is 0 Å². The van der Waals surface area contributed by atoms with E-state index in [1.807, 2.05) is 30.3 Å². The van der Waals surface area contributed by atoms with Crippen LogP contribution in [0.4, 0.5) is 17.6 Å². The summed E-state index contributed by atoms with van der Waals surface area (Å²) in [4.78, 5) is 14.4. The van der Waals surface area contributed by atoms with Crippen molar-refractivity contribution in [2.24, 2.45) is 5.92 Å². The van der Waals surface area contributed by atoms with E-state index < -0.39 is 35.3 Å². The van der Waals surface area contributed by atoms with Gasteiger partial charge in [0, 0.05) is 24.2 Å². The number of halogens is 4. The zero-order chi connectivity index (χ0) is 24.4. The van der Waals surface area contributed by atoms with Crippen molar-refractivity contribution >= 4 is 5.97 Å². The molecule has 34 heavy (non-hydrogen) atoms. The lowest BCUT2D eigenvalue weighted by Crippen LogP contribution is -2.42. The van der Waals surface area contributed by atoms with Crippen molar-refractivity contribution in [3.63, 3.8) is 0 Å². The number of ether oxygens (including phenoxy) is 2. The van der Waals surface area contributed by atoms with Crippen LogP contribution in [0.25, 0.3) is 0 Å². The van der Waals surface area contributed by atoms with Crippen molar-refractivity contribution in [2.45, 2.75) is 39.6 Å². The van der Waals surface area contributed by atoms with Crippen LogP contribution in [0.3, 0.4) is 0 Å². The second-order valence-corrected chi connectivity index (χ2v) is 8.48. The van der Waals surface area contributed by atoms with Crippen molar-refractivity contribution in [1.82, 2.24) is 4.90 Å². The Kier molecular flexibility index (Phi) is 6.88. The third-order valence-electron chi connectivity index (χ3n) is 5.72. The van der Waals surface area contributed by atoms with Crippen molar-refractivity contribution in [1.29, 1.82) is 0 Å². The van der Waals surface area contributed by atoms with Gasteiger partial charge in [0.25, 0.3) is 0 Å². The van der Waals surface area contributed by atoms with Gasteiger partial charge in [0.15, 0.2) is 23.3 Å². The minimum absolute atomic E-state index is 0.0409. The molecule has 4 rings (SSSR count). The van der Waals surface area contributed by atoms with E-state index in [0.717, 1.165) is 0 Å². The largest absolute Gasteiger partial charge is 0.460 e. The molecule has 178 valence electrons. The molecular weight excluding hydrogens is 450 g/mol. The van der Waals surface area contributed by atoms with Crippen LogP contribution in [-0.4, -0.2) is 16.9 Å². The van der Waals surface area contributed by atoms with Gasteiger partial charge in [0.2, 0.25) is 0 Å². The Labute approximate surface area is 194 Å². The van der Waals surface area contributed by atoms with Crippen LogP contribution in [0.15, 0.2) is 54.6 Å². The molecule has 0 saturated heterocycles. The van der Waals surface area contributed by atoms with Crippen LogP contribution in [0.5, 0.6) is 11.5 Å². The van der Waals surface area contributed by atoms with Crippen LogP contribution in [-0.2, 0) is 29.2 Å². The fourth-order valence-corrected chi connectivity index (χ4v) is 4.12. The summed E-state index contributed by atoms with van der Waals surface area (Å²) in [5, 5.41) is 0. The molecule has 4 nitrogen and oxygen atoms in total. The number of benzene rings is 3. The molecule has 3 aromatic rings. The SMILES string of the molecule is CC(C)C(C(=O)OCc1cccc(Oc2ccccc2)c1)N1Cc2c(F)c(F)c(F)c(F)c2C1. The molecule has 0 amide bonds. The Morgan fingerprint density at radius 2 is 1.44 bits per heavy atom. The normalized spacial score (nSPS) is 14.2. The lowest BCUT2D eigenvalue weighted by molar-refractivity contribution is -0.153. The summed E-state index contributed by atoms with van der Waals surface area (Å²) >= 11 is 0. The van der Waals surface area contributed by atoms with Crippen LogP contribution >= 0.6 is 0 Å². The molecule has 0 fully saturated rings. The minimum Gasteiger partial charge on any atom is -0.460 e. The van der Waals surface area contributed by atoms with Crippen molar-refractivity contribution < 1.29 is 31.8 Å². The number of carbonyl (C=O) groups excluding carboxylic acids is 1. The quantitative estimate of drug-likeness (QED) is 0.179. The Morgan fingerprint density at radius 1 is 0.853 bits per heavy atom. The van der Waals surface area contributed by atoms with Crippen LogP contribution in [0.2, 0.25) is 0 Å². The topological polar surface area (TPSA) is 38.8 Å². The van der Waals surface area contributed by atoms with E-state index in [4.69, 9.17) is 9.47 Å². The van der Waals surface area contributed by atoms with Crippen LogP contribution in [0, 0.1) is 29.2 Å². The number of hydrogen-bond acceptors (Lipinski definition) is 4. The van der Waals surface area contributed by atoms with Gasteiger partial charge in [-0.25, -0.2) is 17.6 Å². The van der Waals surface area contributed by atoms with Gasteiger partial charge in [-0.1, -0.05) is 44.2 Å². The second-order valence-electron chi connectivity index (χ2n) is 8.48. The predicted molar refractivity (Wildman–Crippen MR) is 117 cm³/mol. The van der Waals surface area contributed by atoms with E-state index in [0.29, 0.717) is 17.1 Å². The molecule has 0 bridgehead atoms. The second kappa shape index (κ2) is 9.85. The van der Waals surface area contributed by atoms with E-state index in [1.165, 1.54) is 4.90 Å². The Balaban J connectivity index is 1.45. The fraction of sp³-hybridized carbons (Fsp3) is 0.269. The van der Waals surface area contributed by atoms with Crippen molar-refractivity contribution in [3.8, 4) is 11.5 Å². The summed E-state index contributed by atoms with van der Waals surface area (Å²) in [6.07, 6.45) is 0. The molecule has 3 aromatic carbocycles. The fourth-order valence-electron chi connectivity index (χ4n) is 4.12. The number of esters is 1. The summed E-state index contributed by atoms with van der Waals surface area (Å²) in [5.74, 6) is -6.19. The summed E-state index contributed by atoms with van der Waals surface area (Å²) in [6, 6.07) is 15.4. The van der Waals surface area contributed by atoms with E-state index in [2.05, 4.69) is 0 Å². The number of nitrogens with zero attached hydrogens (tertiary/aromatic N) is 1. The van der Waals surface area contributed by atoms with Crippen molar-refractivity contribution in [2.75, 3.05) is 0 Å². The number of para-hydroxylation sites is 1. The Hall–Kier alpha value is -3.39. The van der Waals surface area contributed by atoms with Crippen LogP contribution < -0.4 is 4.74 Å². The molecule has 0 saturated carbocycles. The number of carbonyl (C=O) groups is 1. The first kappa shape index (κ1) is 23.8. The highest BCUT2D eigenvalue weighted by atomic mass is 19.2. The number of fused-ring (bicyclic) bond motifs is 1. The van der Waals surface area contributed by atoms with Gasteiger partial charge in [0.1, 0.15) is 24.1 Å². The van der Waals surface area contributed by atoms with E-state index in [-0.39, 0.29) is 36.7 Å². The molecule has 0 N–H and O–H groups in total. The van der Waals surface area contributed by atoms with Gasteiger partial charge in [-0.2, -0.15) is 0 Å². The minimum atomic E-state index is -1.85. The molecule has 1 atom stereocenters. The smallest absolute Gasteiger partial charge is 0.323 e. The summed E-state index contributed by atoms with van der Waals surface area (Å²) < 4.78 is 67.0. The highest BCUT2D eigenvalue weighted by Gasteiger charge is 2.38. The zero-order valence-corrected chi connectivity index (χ0v) is 18.7. The van der Waals surface area contributed by atoms with Gasteiger partial charge in [-0.3, -0.25) is 9.69 Å². The predicted octanol–water partition coefficient (Wildman–Crippen LogP) is 6.12. The van der Waals surface area contributed by atoms with E-state index >= 15 is 0 Å². The molecule has 1 aliphatic heterocycles. The van der Waals surface area contributed by atoms with E-state index in [1.54, 1.807) is 38.1 Å². The number of hydrogen-bond donors (Lipinski definition) is 0. The maximum atomic E-state index is 14.2. The molecule has 0 radical (unpaired) electrons. The monoisotopic (exact) mass is 473 g/mol. The lowest BCUT2D eigenvalue weighted by Gasteiger charge is -2.28. The number of rotatable bonds is 7. The zero-order valence-electron chi connectivity index (χ0n) is 18.7. The lowest BCUT2D eigenvalue weighted by atomic mass is 10.0. The van der Waals surface area contributed by atoms with Crippen molar-refractivity contribution in [3.05, 3.63) is 94.6 Å². The van der Waals surface area contributed by atoms with Gasteiger partial charge >= 0.3 is 5.97 Å². The summed E-state index contributed by atoms with van der Waals surface area (Å²) in [6.45, 7) is 3.02. The van der Waals surface area contributed by atoms with Gasteiger partial charge in [-0.05, 0) is 35.7 Å². The van der Waals surface area contributed by atoms with Gasteiger partial charge in [0.05, 0.1) is 0 Å². The Morgan fingerprint density at radius 3 is 2.03 bits per heavy atom. The summed E-state index contributed by atoms with van der Waals surface area (Å²) in [5.41, 5.74) is 0.136. The average molecular weight is 473 g/mol. The molecule has 8 heteroatoms. The first-order valence-electron chi connectivity index (χ1n) is 10.8. The Bertz CT molecular complexity index is 1160. The molecule has 1 heterocycles. The molecule has 1 aliphatic rings. The third-order valence-corrected chi connectivity index (χ3v) is 5.72. The average Bonchev–Trinajstić information content (AvgIpc) is 3.26. The third kappa shape index (κ3) is 4.77. The molecule has 0 aromatic heterocycles. The molecular formula is C26H23F4NO3. The summed E-state index contributed by atoms with van der Waals surface area (Å²) in [7, 11) is 0. The van der Waals surface area contributed by atoms with E-state index in [9.17, 15) is 22.4 Å². The molecule has 1 unspecified atom stereocenters. The highest BCUT2D eigenvalue weighted by Crippen LogP contribution is 2.34. The highest BCUT2D eigenvalue weighted by molar-refractivity contribution is 5.76. The van der Waals surface area contributed by atoms with Gasteiger partial charge < -0.3 is 9.47 Å². The first-order chi connectivity index (χ1) is 16.3. The standard InChI is InChI=1S/C26H23F4NO3/c1-15(2)25(31-12-19-20(13-31)22(28)24(30)23(29)21(19)27)26(32)33-14-16-7-6-10-18(11-16)34-17-8-4-3-5-9-17/h3-11,15,25H,12-14H2,1-2H3. The maximum Gasteiger partial charge on any atom is 0.323 e. The van der Waals surface area contributed by atoms with Crippen LogP contribution in [0.1, 0.15) is 30.5 Å². The molecule has 0 spiro atoms. The maximum absolute atomic E-state index is 14.2. The molecule has 0 aliphatic carbocycles.